The van der Waals surface area contributed by atoms with Crippen LogP contribution in [0.5, 0.6) is 11.5 Å². The van der Waals surface area contributed by atoms with Gasteiger partial charge in [0.2, 0.25) is 0 Å². The van der Waals surface area contributed by atoms with E-state index in [0.717, 1.165) is 30.8 Å². The molecule has 1 aromatic carbocycles. The maximum Gasteiger partial charge on any atom is 0.165 e. The maximum atomic E-state index is 10.6. The second-order valence-electron chi connectivity index (χ2n) is 7.44. The van der Waals surface area contributed by atoms with Crippen molar-refractivity contribution in [1.29, 1.82) is 0 Å². The minimum Gasteiger partial charge on any atom is -0.493 e. The van der Waals surface area contributed by atoms with Gasteiger partial charge < -0.3 is 19.5 Å². The van der Waals surface area contributed by atoms with Crippen molar-refractivity contribution in [2.75, 3.05) is 21.2 Å². The highest BCUT2D eigenvalue weighted by molar-refractivity contribution is 5.60. The van der Waals surface area contributed by atoms with Gasteiger partial charge in [0, 0.05) is 17.0 Å². The molecule has 0 saturated heterocycles. The van der Waals surface area contributed by atoms with Crippen LogP contribution in [0, 0.1) is 5.92 Å². The molecule has 1 aliphatic heterocycles. The Kier molecular flexibility index (Phi) is 3.01. The van der Waals surface area contributed by atoms with Gasteiger partial charge in [-0.15, -0.1) is 0 Å². The Bertz CT molecular complexity index is 615. The van der Waals surface area contributed by atoms with E-state index in [9.17, 15) is 5.11 Å². The van der Waals surface area contributed by atoms with Crippen LogP contribution in [0.1, 0.15) is 30.9 Å². The van der Waals surface area contributed by atoms with Gasteiger partial charge in [0.1, 0.15) is 6.10 Å². The summed E-state index contributed by atoms with van der Waals surface area (Å²) in [7, 11) is 6.02. The van der Waals surface area contributed by atoms with Crippen molar-refractivity contribution < 1.29 is 14.6 Å². The molecule has 4 nitrogen and oxygen atoms in total. The number of benzene rings is 1. The Morgan fingerprint density at radius 2 is 2.09 bits per heavy atom. The van der Waals surface area contributed by atoms with Crippen LogP contribution >= 0.6 is 0 Å². The van der Waals surface area contributed by atoms with E-state index in [0.29, 0.717) is 12.0 Å². The van der Waals surface area contributed by atoms with Crippen LogP contribution < -0.4 is 9.47 Å². The number of rotatable bonds is 2. The Morgan fingerprint density at radius 1 is 1.32 bits per heavy atom. The van der Waals surface area contributed by atoms with Crippen molar-refractivity contribution in [1.82, 2.24) is 4.90 Å². The van der Waals surface area contributed by atoms with Crippen LogP contribution in [0.2, 0.25) is 0 Å². The Labute approximate surface area is 132 Å². The van der Waals surface area contributed by atoms with Crippen LogP contribution in [0.25, 0.3) is 0 Å². The average molecular weight is 303 g/mol. The lowest BCUT2D eigenvalue weighted by atomic mass is 9.55. The van der Waals surface area contributed by atoms with Crippen molar-refractivity contribution in [2.45, 2.75) is 49.9 Å². The molecule has 2 aliphatic carbocycles. The zero-order valence-corrected chi connectivity index (χ0v) is 13.8. The maximum absolute atomic E-state index is 10.6. The van der Waals surface area contributed by atoms with Crippen LogP contribution in [-0.2, 0) is 11.8 Å². The van der Waals surface area contributed by atoms with Gasteiger partial charge in [0.25, 0.3) is 0 Å². The van der Waals surface area contributed by atoms with E-state index in [-0.39, 0.29) is 11.5 Å². The normalized spacial score (nSPS) is 38.6. The first-order valence-corrected chi connectivity index (χ1v) is 8.20. The van der Waals surface area contributed by atoms with Gasteiger partial charge in [0.15, 0.2) is 11.5 Å². The van der Waals surface area contributed by atoms with E-state index in [1.165, 1.54) is 11.1 Å². The molecule has 4 rings (SSSR count). The van der Waals surface area contributed by atoms with Crippen LogP contribution in [0.4, 0.5) is 0 Å². The summed E-state index contributed by atoms with van der Waals surface area (Å²) >= 11 is 0. The molecule has 120 valence electrons. The monoisotopic (exact) mass is 303 g/mol. The van der Waals surface area contributed by atoms with E-state index in [1.54, 1.807) is 7.11 Å². The molecule has 1 N–H and O–H groups in total. The smallest absolute Gasteiger partial charge is 0.165 e. The predicted molar refractivity (Wildman–Crippen MR) is 84.7 cm³/mol. The number of likely N-dealkylation sites (N-methyl/N-ethyl adjacent to an activating group) is 1. The number of nitrogens with zero attached hydrogens (tertiary/aromatic N) is 1. The van der Waals surface area contributed by atoms with Crippen LogP contribution in [0.15, 0.2) is 12.1 Å². The molecular weight excluding hydrogens is 278 g/mol. The molecule has 3 aliphatic rings. The van der Waals surface area contributed by atoms with Gasteiger partial charge >= 0.3 is 0 Å². The highest BCUT2D eigenvalue weighted by Gasteiger charge is 2.61. The minimum absolute atomic E-state index is 0.121. The third kappa shape index (κ3) is 1.60. The molecule has 1 aromatic rings. The number of hydrogen-bond donors (Lipinski definition) is 1. The second-order valence-corrected chi connectivity index (χ2v) is 7.44. The lowest BCUT2D eigenvalue weighted by molar-refractivity contribution is -0.0656. The summed E-state index contributed by atoms with van der Waals surface area (Å²) in [5.74, 6) is 2.18. The summed E-state index contributed by atoms with van der Waals surface area (Å²) in [6, 6.07) is 4.69. The summed E-state index contributed by atoms with van der Waals surface area (Å²) in [5, 5.41) is 10.6. The number of aliphatic hydroxyl groups excluding tert-OH is 1. The second kappa shape index (κ2) is 4.62. The third-order valence-corrected chi connectivity index (χ3v) is 6.25. The van der Waals surface area contributed by atoms with Gasteiger partial charge in [-0.05, 0) is 50.9 Å². The van der Waals surface area contributed by atoms with E-state index >= 15 is 0 Å². The van der Waals surface area contributed by atoms with Gasteiger partial charge in [-0.1, -0.05) is 13.0 Å². The molecular formula is C18H25NO3. The van der Waals surface area contributed by atoms with Gasteiger partial charge in [0.05, 0.1) is 13.2 Å². The van der Waals surface area contributed by atoms with Crippen LogP contribution in [0.3, 0.4) is 0 Å². The number of hydrogen-bond acceptors (Lipinski definition) is 4. The summed E-state index contributed by atoms with van der Waals surface area (Å²) < 4.78 is 11.8. The van der Waals surface area contributed by atoms with Gasteiger partial charge in [-0.3, -0.25) is 0 Å². The third-order valence-electron chi connectivity index (χ3n) is 6.25. The van der Waals surface area contributed by atoms with E-state index in [4.69, 9.17) is 9.47 Å². The fourth-order valence-corrected chi connectivity index (χ4v) is 5.21. The first-order valence-electron chi connectivity index (χ1n) is 8.20. The Hall–Kier alpha value is -1.26. The first-order chi connectivity index (χ1) is 10.5. The SMILES string of the molecule is COc1ccc2c3c1O[C@H]1[C@@H](O)CCC([C@H](N(C)C)C2)[C@@]31C. The summed E-state index contributed by atoms with van der Waals surface area (Å²) in [5.41, 5.74) is 2.52. The highest BCUT2D eigenvalue weighted by Crippen LogP contribution is 2.60. The summed E-state index contributed by atoms with van der Waals surface area (Å²) in [6.07, 6.45) is 2.37. The Morgan fingerprint density at radius 3 is 2.77 bits per heavy atom. The molecule has 1 fully saturated rings. The highest BCUT2D eigenvalue weighted by atomic mass is 16.5. The fourth-order valence-electron chi connectivity index (χ4n) is 5.21. The summed E-state index contributed by atoms with van der Waals surface area (Å²) in [4.78, 5) is 2.34. The molecule has 22 heavy (non-hydrogen) atoms. The molecule has 0 spiro atoms. The molecule has 0 aromatic heterocycles. The van der Waals surface area contributed by atoms with Crippen molar-refractivity contribution in [2.24, 2.45) is 5.92 Å². The molecule has 0 bridgehead atoms. The van der Waals surface area contributed by atoms with E-state index < -0.39 is 6.10 Å². The fraction of sp³-hybridized carbons (Fsp3) is 0.667. The van der Waals surface area contributed by atoms with Crippen LogP contribution in [-0.4, -0.2) is 49.5 Å². The van der Waals surface area contributed by atoms with E-state index in [1.807, 2.05) is 6.07 Å². The van der Waals surface area contributed by atoms with Crippen molar-refractivity contribution in [3.63, 3.8) is 0 Å². The number of methoxy groups -OCH3 is 1. The minimum atomic E-state index is -0.396. The molecule has 1 saturated carbocycles. The predicted octanol–water partition coefficient (Wildman–Crippen LogP) is 1.97. The van der Waals surface area contributed by atoms with Crippen molar-refractivity contribution in [3.8, 4) is 11.5 Å². The van der Waals surface area contributed by atoms with Crippen molar-refractivity contribution in [3.05, 3.63) is 23.3 Å². The molecule has 0 radical (unpaired) electrons. The quantitative estimate of drug-likeness (QED) is 0.907. The molecule has 0 amide bonds. The Balaban J connectivity index is 1.95. The average Bonchev–Trinajstić information content (AvgIpc) is 2.81. The number of ether oxygens (including phenoxy) is 2. The lowest BCUT2D eigenvalue weighted by Crippen LogP contribution is -2.60. The lowest BCUT2D eigenvalue weighted by Gasteiger charge is -2.52. The molecule has 5 atom stereocenters. The van der Waals surface area contributed by atoms with Crippen molar-refractivity contribution >= 4 is 0 Å². The van der Waals surface area contributed by atoms with Gasteiger partial charge in [-0.25, -0.2) is 0 Å². The standard InChI is InChI=1S/C18H25NO3/c1-18-11-6-7-13(20)17(18)22-16-14(21-4)8-5-10(15(16)18)9-12(11)19(2)3/h5,8,11-13,17,20H,6-7,9H2,1-4H3/t11?,12-,13+,17+,18+/m1/s1. The summed E-state index contributed by atoms with van der Waals surface area (Å²) in [6.45, 7) is 2.29. The molecule has 1 heterocycles. The zero-order chi connectivity index (χ0) is 15.6. The first kappa shape index (κ1) is 14.3. The molecule has 1 unspecified atom stereocenters. The largest absolute Gasteiger partial charge is 0.493 e. The topological polar surface area (TPSA) is 41.9 Å². The zero-order valence-electron chi connectivity index (χ0n) is 13.8. The number of aliphatic hydroxyl groups is 1. The van der Waals surface area contributed by atoms with Gasteiger partial charge in [-0.2, -0.15) is 0 Å². The van der Waals surface area contributed by atoms with E-state index in [2.05, 4.69) is 32.0 Å². The molecule has 4 heteroatoms.